The lowest BCUT2D eigenvalue weighted by Gasteiger charge is -2.37. The third-order valence-electron chi connectivity index (χ3n) is 7.03. The summed E-state index contributed by atoms with van der Waals surface area (Å²) in [6, 6.07) is 11.9. The molecule has 1 amide bonds. The minimum atomic E-state index is -0.254. The predicted octanol–water partition coefficient (Wildman–Crippen LogP) is 4.37. The first-order valence-corrected chi connectivity index (χ1v) is 14.1. The maximum atomic E-state index is 13.5. The number of nitrogens with zero attached hydrogens (tertiary/aromatic N) is 5. The average Bonchev–Trinajstić information content (AvgIpc) is 3.17. The number of benzene rings is 1. The van der Waals surface area contributed by atoms with Crippen molar-refractivity contribution in [2.45, 2.75) is 46.7 Å². The van der Waals surface area contributed by atoms with E-state index in [0.717, 1.165) is 62.5 Å². The summed E-state index contributed by atoms with van der Waals surface area (Å²) < 4.78 is 2.27. The Labute approximate surface area is 228 Å². The Morgan fingerprint density at radius 1 is 1.11 bits per heavy atom. The van der Waals surface area contributed by atoms with E-state index in [1.165, 1.54) is 11.8 Å². The Balaban J connectivity index is 1.81. The van der Waals surface area contributed by atoms with Crippen LogP contribution >= 0.6 is 24.0 Å². The summed E-state index contributed by atoms with van der Waals surface area (Å²) in [6.45, 7) is 11.3. The van der Waals surface area contributed by atoms with E-state index in [4.69, 9.17) is 12.2 Å². The number of likely N-dealkylation sites (N-methyl/N-ethyl adjacent to an activating group) is 1. The normalized spacial score (nSPS) is 17.6. The molecule has 3 heterocycles. The maximum Gasteiger partial charge on any atom is 0.270 e. The molecule has 0 N–H and O–H groups in total. The Hall–Kier alpha value is -2.93. The number of carbonyl (C=O) groups excluding carboxylic acids is 1. The first-order chi connectivity index (χ1) is 17.9. The van der Waals surface area contributed by atoms with Gasteiger partial charge in [0.2, 0.25) is 0 Å². The van der Waals surface area contributed by atoms with E-state index in [1.807, 2.05) is 43.3 Å². The van der Waals surface area contributed by atoms with Crippen molar-refractivity contribution in [1.29, 1.82) is 5.26 Å². The van der Waals surface area contributed by atoms with E-state index in [0.29, 0.717) is 27.9 Å². The lowest BCUT2D eigenvalue weighted by Crippen LogP contribution is -2.48. The van der Waals surface area contributed by atoms with E-state index < -0.39 is 0 Å². The molecule has 2 aliphatic rings. The highest BCUT2D eigenvalue weighted by Gasteiger charge is 2.33. The zero-order valence-electron chi connectivity index (χ0n) is 21.7. The van der Waals surface area contributed by atoms with Crippen LogP contribution in [0.2, 0.25) is 0 Å². The van der Waals surface area contributed by atoms with Crippen LogP contribution in [0.1, 0.15) is 48.9 Å². The highest BCUT2D eigenvalue weighted by Crippen LogP contribution is 2.36. The van der Waals surface area contributed by atoms with Crippen LogP contribution in [0.15, 0.2) is 40.0 Å². The molecule has 2 fully saturated rings. The quantitative estimate of drug-likeness (QED) is 0.367. The SMILES string of the molecule is CCCCn1c(N2CCN(CC)CC2)c(/C=C2\SC(=S)N(Cc3ccccc3)C2=O)c(C)c(C#N)c1=O. The first-order valence-electron chi connectivity index (χ1n) is 12.8. The van der Waals surface area contributed by atoms with E-state index in [1.54, 1.807) is 9.47 Å². The minimum absolute atomic E-state index is 0.137. The standard InChI is InChI=1S/C28H33N5O2S2/c1-4-6-12-32-25(31-15-13-30(5-2)14-16-31)22(20(3)23(18-29)26(32)34)17-24-27(35)33(28(36)37-24)19-21-10-8-7-9-11-21/h7-11,17H,4-6,12-16,19H2,1-3H3/b24-17-. The molecule has 1 aromatic carbocycles. The van der Waals surface area contributed by atoms with Crippen LogP contribution in [-0.4, -0.2) is 57.3 Å². The van der Waals surface area contributed by atoms with Crippen molar-refractivity contribution >= 4 is 46.1 Å². The molecule has 194 valence electrons. The van der Waals surface area contributed by atoms with E-state index in [2.05, 4.69) is 29.7 Å². The Kier molecular flexibility index (Phi) is 8.85. The van der Waals surface area contributed by atoms with Crippen LogP contribution in [0.25, 0.3) is 6.08 Å². The summed E-state index contributed by atoms with van der Waals surface area (Å²) in [6.07, 6.45) is 3.61. The predicted molar refractivity (Wildman–Crippen MR) is 155 cm³/mol. The van der Waals surface area contributed by atoms with Gasteiger partial charge in [0.25, 0.3) is 11.5 Å². The van der Waals surface area contributed by atoms with Gasteiger partial charge in [-0.05, 0) is 37.1 Å². The third kappa shape index (κ3) is 5.66. The number of anilines is 1. The van der Waals surface area contributed by atoms with Crippen molar-refractivity contribution in [3.05, 3.63) is 67.8 Å². The number of piperazine rings is 1. The fraction of sp³-hybridized carbons (Fsp3) is 0.429. The van der Waals surface area contributed by atoms with Crippen LogP contribution in [0.5, 0.6) is 0 Å². The average molecular weight is 536 g/mol. The highest BCUT2D eigenvalue weighted by molar-refractivity contribution is 8.26. The van der Waals surface area contributed by atoms with Gasteiger partial charge in [0.05, 0.1) is 11.4 Å². The van der Waals surface area contributed by atoms with Gasteiger partial charge in [-0.25, -0.2) is 0 Å². The van der Waals surface area contributed by atoms with Crippen LogP contribution in [0.3, 0.4) is 0 Å². The van der Waals surface area contributed by atoms with Gasteiger partial charge in [-0.15, -0.1) is 0 Å². The third-order valence-corrected chi connectivity index (χ3v) is 8.41. The lowest BCUT2D eigenvalue weighted by atomic mass is 10.0. The van der Waals surface area contributed by atoms with Crippen molar-refractivity contribution in [1.82, 2.24) is 14.4 Å². The number of thioether (sulfide) groups is 1. The smallest absolute Gasteiger partial charge is 0.270 e. The van der Waals surface area contributed by atoms with E-state index >= 15 is 0 Å². The molecule has 2 aromatic rings. The van der Waals surface area contributed by atoms with Crippen molar-refractivity contribution in [2.24, 2.45) is 0 Å². The van der Waals surface area contributed by atoms with Crippen LogP contribution in [-0.2, 0) is 17.9 Å². The van der Waals surface area contributed by atoms with Gasteiger partial charge in [-0.2, -0.15) is 5.26 Å². The molecule has 0 bridgehead atoms. The number of nitriles is 1. The fourth-order valence-corrected chi connectivity index (χ4v) is 6.05. The summed E-state index contributed by atoms with van der Waals surface area (Å²) >= 11 is 6.86. The van der Waals surface area contributed by atoms with Gasteiger partial charge in [0, 0.05) is 38.3 Å². The van der Waals surface area contributed by atoms with Gasteiger partial charge in [0.15, 0.2) is 0 Å². The molecule has 0 radical (unpaired) electrons. The van der Waals surface area contributed by atoms with Crippen molar-refractivity contribution in [3.63, 3.8) is 0 Å². The van der Waals surface area contributed by atoms with Crippen molar-refractivity contribution in [2.75, 3.05) is 37.6 Å². The van der Waals surface area contributed by atoms with Gasteiger partial charge < -0.3 is 9.80 Å². The molecule has 2 aliphatic heterocycles. The van der Waals surface area contributed by atoms with Gasteiger partial charge in [-0.3, -0.25) is 19.1 Å². The highest BCUT2D eigenvalue weighted by atomic mass is 32.2. The van der Waals surface area contributed by atoms with Crippen molar-refractivity contribution < 1.29 is 4.79 Å². The topological polar surface area (TPSA) is 72.6 Å². The molecule has 0 spiro atoms. The number of thiocarbonyl (C=S) groups is 1. The Bertz CT molecular complexity index is 1300. The fourth-order valence-electron chi connectivity index (χ4n) is 4.82. The molecule has 0 atom stereocenters. The number of pyridine rings is 1. The number of carbonyl (C=O) groups is 1. The lowest BCUT2D eigenvalue weighted by molar-refractivity contribution is -0.122. The molecule has 0 saturated carbocycles. The summed E-state index contributed by atoms with van der Waals surface area (Å²) in [5.74, 6) is 0.656. The van der Waals surface area contributed by atoms with Crippen LogP contribution in [0.4, 0.5) is 5.82 Å². The summed E-state index contributed by atoms with van der Waals surface area (Å²) in [4.78, 5) is 33.7. The van der Waals surface area contributed by atoms with E-state index in [9.17, 15) is 14.9 Å². The molecule has 2 saturated heterocycles. The second-order valence-electron chi connectivity index (χ2n) is 9.33. The molecule has 9 heteroatoms. The van der Waals surface area contributed by atoms with Gasteiger partial charge in [0.1, 0.15) is 21.8 Å². The monoisotopic (exact) mass is 535 g/mol. The van der Waals surface area contributed by atoms with Gasteiger partial charge >= 0.3 is 0 Å². The number of rotatable bonds is 8. The zero-order chi connectivity index (χ0) is 26.5. The van der Waals surface area contributed by atoms with Crippen LogP contribution in [0, 0.1) is 18.3 Å². The van der Waals surface area contributed by atoms with Crippen LogP contribution < -0.4 is 10.5 Å². The summed E-state index contributed by atoms with van der Waals surface area (Å²) in [5, 5.41) is 9.90. The number of unbranched alkanes of at least 4 members (excludes halogenated alkanes) is 1. The Morgan fingerprint density at radius 2 is 1.81 bits per heavy atom. The summed E-state index contributed by atoms with van der Waals surface area (Å²) in [5.41, 5.74) is 2.26. The van der Waals surface area contributed by atoms with E-state index in [-0.39, 0.29) is 17.0 Å². The van der Waals surface area contributed by atoms with Gasteiger partial charge in [-0.1, -0.05) is 74.6 Å². The molecule has 7 nitrogen and oxygen atoms in total. The van der Waals surface area contributed by atoms with Crippen molar-refractivity contribution in [3.8, 4) is 6.07 Å². The molecule has 1 aromatic heterocycles. The number of aromatic nitrogens is 1. The zero-order valence-corrected chi connectivity index (χ0v) is 23.3. The Morgan fingerprint density at radius 3 is 2.43 bits per heavy atom. The largest absolute Gasteiger partial charge is 0.355 e. The number of amides is 1. The summed E-state index contributed by atoms with van der Waals surface area (Å²) in [7, 11) is 0. The first kappa shape index (κ1) is 27.1. The number of hydrogen-bond donors (Lipinski definition) is 0. The molecule has 37 heavy (non-hydrogen) atoms. The molecule has 4 rings (SSSR count). The molecular weight excluding hydrogens is 502 g/mol. The molecule has 0 aliphatic carbocycles. The minimum Gasteiger partial charge on any atom is -0.355 e. The second kappa shape index (κ2) is 12.1. The second-order valence-corrected chi connectivity index (χ2v) is 11.0. The maximum absolute atomic E-state index is 13.5. The molecule has 0 unspecified atom stereocenters. The number of hydrogen-bond acceptors (Lipinski definition) is 7. The molecular formula is C28H33N5O2S2.